The lowest BCUT2D eigenvalue weighted by atomic mass is 9.66. The van der Waals surface area contributed by atoms with Gasteiger partial charge >= 0.3 is 11.9 Å². The zero-order valence-electron chi connectivity index (χ0n) is 45.8. The van der Waals surface area contributed by atoms with Gasteiger partial charge in [-0.15, -0.1) is 0 Å². The molecule has 2 aliphatic rings. The highest BCUT2D eigenvalue weighted by Crippen LogP contribution is 2.39. The maximum Gasteiger partial charge on any atom is 0.314 e. The highest BCUT2D eigenvalue weighted by molar-refractivity contribution is 6.01. The molecule has 0 aromatic heterocycles. The van der Waals surface area contributed by atoms with Gasteiger partial charge in [0, 0.05) is 30.0 Å². The van der Waals surface area contributed by atoms with Gasteiger partial charge in [-0.25, -0.2) is 0 Å². The summed E-state index contributed by atoms with van der Waals surface area (Å²) in [6.45, 7) is 5.97. The van der Waals surface area contributed by atoms with Gasteiger partial charge < -0.3 is 40.6 Å². The average molecular weight is 1060 g/mol. The third-order valence-electron chi connectivity index (χ3n) is 15.4. The lowest BCUT2D eigenvalue weighted by Crippen LogP contribution is -2.54. The fraction of sp³-hybridized carbons (Fsp3) is 0.508. The van der Waals surface area contributed by atoms with Crippen molar-refractivity contribution in [2.24, 2.45) is 17.3 Å². The normalized spacial score (nSPS) is 18.8. The van der Waals surface area contributed by atoms with Crippen LogP contribution in [0.4, 0.5) is 11.4 Å². The van der Waals surface area contributed by atoms with E-state index < -0.39 is 29.2 Å². The Morgan fingerprint density at radius 2 is 0.831 bits per heavy atom. The summed E-state index contributed by atoms with van der Waals surface area (Å²) in [5.74, 6) is -1.65. The number of nitrogens with two attached hydrogens (primary N) is 2. The number of nitrogen functional groups attached to an aromatic ring is 2. The van der Waals surface area contributed by atoms with Crippen LogP contribution in [0.5, 0.6) is 11.5 Å². The summed E-state index contributed by atoms with van der Waals surface area (Å²) in [7, 11) is 0. The molecule has 2 fully saturated rings. The quantitative estimate of drug-likeness (QED) is 0.0119. The van der Waals surface area contributed by atoms with Crippen LogP contribution in [0.15, 0.2) is 109 Å². The molecule has 0 aliphatic heterocycles. The number of ketones is 2. The number of anilines is 2. The summed E-state index contributed by atoms with van der Waals surface area (Å²) >= 11 is 0. The largest absolute Gasteiger partial charge is 0.426 e. The van der Waals surface area contributed by atoms with Crippen molar-refractivity contribution in [2.45, 2.75) is 180 Å². The molecular weight excluding hydrogens is 969 g/mol. The molecule has 0 bridgehead atoms. The van der Waals surface area contributed by atoms with Gasteiger partial charge in [0.15, 0.2) is 11.6 Å². The first-order valence-corrected chi connectivity index (χ1v) is 28.7. The smallest absolute Gasteiger partial charge is 0.314 e. The van der Waals surface area contributed by atoms with Crippen LogP contribution in [-0.4, -0.2) is 71.3 Å². The minimum Gasteiger partial charge on any atom is -0.426 e. The number of rotatable bonds is 32. The molecule has 77 heavy (non-hydrogen) atoms. The minimum atomic E-state index is -1.88. The lowest BCUT2D eigenvalue weighted by Gasteiger charge is -2.40. The second-order valence-electron chi connectivity index (χ2n) is 21.6. The molecule has 2 saturated carbocycles. The monoisotopic (exact) mass is 1050 g/mol. The van der Waals surface area contributed by atoms with Crippen molar-refractivity contribution in [3.05, 3.63) is 131 Å². The maximum atomic E-state index is 14.3. The maximum absolute atomic E-state index is 14.3. The number of esters is 2. The lowest BCUT2D eigenvalue weighted by molar-refractivity contribution is -0.146. The van der Waals surface area contributed by atoms with Crippen molar-refractivity contribution in [3.8, 4) is 11.5 Å². The number of benzene rings is 4. The SMILES string of the molecule is CCCCCCCCOC1CCC(C(=O)Oc2ccc(/C=C/C(=O)C(O)C(Cc3ccc(N)cc3)(Cc3ccc(N)cc3)C(O)C(=O)/C=C/c3ccc(OC(=O)C4CCC(OCCCCCCCC)CC4)cc3)cc2)CC1. The molecule has 2 atom stereocenters. The topological polar surface area (TPSA) is 198 Å². The molecule has 2 unspecified atom stereocenters. The van der Waals surface area contributed by atoms with Crippen molar-refractivity contribution in [1.29, 1.82) is 0 Å². The third-order valence-corrected chi connectivity index (χ3v) is 15.4. The van der Waals surface area contributed by atoms with Gasteiger partial charge in [-0.05, 0) is 160 Å². The number of aliphatic hydroxyl groups is 2. The summed E-state index contributed by atoms with van der Waals surface area (Å²) in [5, 5.41) is 24.6. The van der Waals surface area contributed by atoms with E-state index in [0.29, 0.717) is 70.8 Å². The van der Waals surface area contributed by atoms with Crippen molar-refractivity contribution < 1.29 is 48.3 Å². The van der Waals surface area contributed by atoms with Crippen LogP contribution >= 0.6 is 0 Å². The molecule has 12 nitrogen and oxygen atoms in total. The summed E-state index contributed by atoms with van der Waals surface area (Å²) < 4.78 is 23.8. The van der Waals surface area contributed by atoms with E-state index in [2.05, 4.69) is 13.8 Å². The number of aliphatic hydroxyl groups excluding tert-OH is 2. The Labute approximate surface area is 458 Å². The number of hydrogen-bond donors (Lipinski definition) is 4. The first-order chi connectivity index (χ1) is 37.3. The van der Waals surface area contributed by atoms with Crippen molar-refractivity contribution in [1.82, 2.24) is 0 Å². The fourth-order valence-corrected chi connectivity index (χ4v) is 10.6. The summed E-state index contributed by atoms with van der Waals surface area (Å²) in [5.41, 5.74) is 13.8. The fourth-order valence-electron chi connectivity index (χ4n) is 10.6. The van der Waals surface area contributed by atoms with Gasteiger partial charge in [-0.3, -0.25) is 19.2 Å². The van der Waals surface area contributed by atoms with Crippen molar-refractivity contribution in [3.63, 3.8) is 0 Å². The zero-order chi connectivity index (χ0) is 54.8. The molecule has 2 aliphatic carbocycles. The molecule has 0 radical (unpaired) electrons. The Kier molecular flexibility index (Phi) is 25.1. The van der Waals surface area contributed by atoms with Crippen LogP contribution in [0.3, 0.4) is 0 Å². The average Bonchev–Trinajstić information content (AvgIpc) is 3.48. The van der Waals surface area contributed by atoms with E-state index in [0.717, 1.165) is 51.7 Å². The Morgan fingerprint density at radius 3 is 1.18 bits per heavy atom. The summed E-state index contributed by atoms with van der Waals surface area (Å²) in [4.78, 5) is 54.8. The van der Waals surface area contributed by atoms with Crippen LogP contribution in [0.25, 0.3) is 12.2 Å². The van der Waals surface area contributed by atoms with E-state index in [4.69, 9.17) is 30.4 Å². The highest BCUT2D eigenvalue weighted by atomic mass is 16.5. The van der Waals surface area contributed by atoms with Gasteiger partial charge in [-0.2, -0.15) is 0 Å². The van der Waals surface area contributed by atoms with Gasteiger partial charge in [-0.1, -0.05) is 139 Å². The van der Waals surface area contributed by atoms with E-state index in [1.165, 1.54) is 88.5 Å². The highest BCUT2D eigenvalue weighted by Gasteiger charge is 2.49. The molecule has 0 heterocycles. The van der Waals surface area contributed by atoms with E-state index in [1.54, 1.807) is 97.1 Å². The van der Waals surface area contributed by atoms with E-state index in [1.807, 2.05) is 0 Å². The van der Waals surface area contributed by atoms with Crippen LogP contribution in [0.1, 0.15) is 165 Å². The Balaban J connectivity index is 1.08. The molecule has 6 rings (SSSR count). The number of ether oxygens (including phenoxy) is 4. The van der Waals surface area contributed by atoms with Crippen LogP contribution in [0.2, 0.25) is 0 Å². The molecular formula is C65H86N2O10. The number of carbonyl (C=O) groups is 4. The molecule has 0 amide bonds. The summed E-state index contributed by atoms with van der Waals surface area (Å²) in [6.07, 6.45) is 22.8. The Morgan fingerprint density at radius 1 is 0.494 bits per heavy atom. The molecule has 12 heteroatoms. The van der Waals surface area contributed by atoms with Gasteiger partial charge in [0.25, 0.3) is 0 Å². The van der Waals surface area contributed by atoms with Crippen LogP contribution in [0, 0.1) is 17.3 Å². The first-order valence-electron chi connectivity index (χ1n) is 28.7. The van der Waals surface area contributed by atoms with Crippen molar-refractivity contribution in [2.75, 3.05) is 24.7 Å². The Hall–Kier alpha value is -5.92. The van der Waals surface area contributed by atoms with Gasteiger partial charge in [0.05, 0.1) is 24.0 Å². The second-order valence-corrected chi connectivity index (χ2v) is 21.6. The van der Waals surface area contributed by atoms with Gasteiger partial charge in [0.1, 0.15) is 23.7 Å². The first kappa shape index (κ1) is 60.3. The molecule has 416 valence electrons. The number of carbonyl (C=O) groups excluding carboxylic acids is 4. The minimum absolute atomic E-state index is 0.0823. The molecule has 0 saturated heterocycles. The standard InChI is InChI=1S/C65H86N2O10/c1-3-5-7-9-11-13-43-74-55-37-25-51(26-38-55)63(72)76-57-33-19-47(20-34-57)23-41-59(68)61(70)65(45-49-15-29-53(66)30-16-49,46-50-17-31-54(67)32-18-50)62(71)60(69)42-24-48-21-35-58(36-22-48)77-64(73)52-27-39-56(40-28-52)75-44-14-12-10-8-6-4-2/h15-24,29-36,41-42,51-52,55-56,61-62,70-71H,3-14,25-28,37-40,43-46,66-67H2,1-2H3/b41-23+,42-24+. The van der Waals surface area contributed by atoms with E-state index in [9.17, 15) is 29.4 Å². The van der Waals surface area contributed by atoms with Crippen LogP contribution < -0.4 is 20.9 Å². The van der Waals surface area contributed by atoms with Crippen molar-refractivity contribution >= 4 is 47.0 Å². The van der Waals surface area contributed by atoms with E-state index in [-0.39, 0.29) is 48.8 Å². The predicted octanol–water partition coefficient (Wildman–Crippen LogP) is 12.6. The molecule has 4 aromatic carbocycles. The number of unbranched alkanes of at least 4 members (excludes halogenated alkanes) is 10. The molecule has 0 spiro atoms. The predicted molar refractivity (Wildman–Crippen MR) is 306 cm³/mol. The Bertz CT molecular complexity index is 2280. The van der Waals surface area contributed by atoms with Gasteiger partial charge in [0.2, 0.25) is 0 Å². The third kappa shape index (κ3) is 19.8. The zero-order valence-corrected chi connectivity index (χ0v) is 45.8. The second kappa shape index (κ2) is 32.1. The molecule has 6 N–H and O–H groups in total. The van der Waals surface area contributed by atoms with E-state index >= 15 is 0 Å². The summed E-state index contributed by atoms with van der Waals surface area (Å²) in [6, 6.07) is 27.2. The molecule has 4 aromatic rings. The number of hydrogen-bond acceptors (Lipinski definition) is 12. The van der Waals surface area contributed by atoms with Crippen LogP contribution in [-0.2, 0) is 41.5 Å².